The van der Waals surface area contributed by atoms with Crippen LogP contribution in [0, 0.1) is 11.8 Å². The normalized spacial score (nSPS) is 25.6. The van der Waals surface area contributed by atoms with Gasteiger partial charge in [0.25, 0.3) is 0 Å². The third-order valence-corrected chi connectivity index (χ3v) is 4.25. The molecule has 0 aromatic carbocycles. The molecular formula is C13H21F3N4. The van der Waals surface area contributed by atoms with Gasteiger partial charge in [0, 0.05) is 25.7 Å². The molecule has 1 aliphatic rings. The van der Waals surface area contributed by atoms with E-state index in [1.165, 1.54) is 0 Å². The standard InChI is InChI=1S/C13H21F3N4/c1-17-12(7-11-8-20(2)19-18-11)9-3-5-10(6-4-9)13(14,15)16/h8-10,12,17H,3-7H2,1-2H3. The van der Waals surface area contributed by atoms with Crippen molar-refractivity contribution in [3.8, 4) is 0 Å². The van der Waals surface area contributed by atoms with E-state index in [0.717, 1.165) is 5.69 Å². The summed E-state index contributed by atoms with van der Waals surface area (Å²) in [5.41, 5.74) is 0.879. The fourth-order valence-electron chi connectivity index (χ4n) is 3.07. The van der Waals surface area contributed by atoms with Gasteiger partial charge >= 0.3 is 6.18 Å². The SMILES string of the molecule is CNC(Cc1cn(C)nn1)C1CCC(C(F)(F)F)CC1. The molecule has 0 amide bonds. The number of aryl methyl sites for hydroxylation is 1. The lowest BCUT2D eigenvalue weighted by atomic mass is 9.77. The van der Waals surface area contributed by atoms with E-state index >= 15 is 0 Å². The summed E-state index contributed by atoms with van der Waals surface area (Å²) in [4.78, 5) is 0. The summed E-state index contributed by atoms with van der Waals surface area (Å²) < 4.78 is 39.6. The molecule has 1 fully saturated rings. The van der Waals surface area contributed by atoms with E-state index in [-0.39, 0.29) is 24.8 Å². The molecule has 1 aromatic heterocycles. The predicted octanol–water partition coefficient (Wildman–Crippen LogP) is 2.31. The van der Waals surface area contributed by atoms with Crippen LogP contribution in [0.5, 0.6) is 0 Å². The highest BCUT2D eigenvalue weighted by Crippen LogP contribution is 2.40. The van der Waals surface area contributed by atoms with Gasteiger partial charge in [-0.25, -0.2) is 0 Å². The summed E-state index contributed by atoms with van der Waals surface area (Å²) in [5, 5.41) is 11.2. The molecule has 1 aromatic rings. The lowest BCUT2D eigenvalue weighted by Gasteiger charge is -2.34. The van der Waals surface area contributed by atoms with Crippen molar-refractivity contribution in [3.63, 3.8) is 0 Å². The van der Waals surface area contributed by atoms with Gasteiger partial charge in [0.15, 0.2) is 0 Å². The maximum Gasteiger partial charge on any atom is 0.391 e. The molecule has 0 radical (unpaired) electrons. The molecule has 1 heterocycles. The number of nitrogens with one attached hydrogen (secondary N) is 1. The first-order valence-electron chi connectivity index (χ1n) is 6.99. The molecule has 4 nitrogen and oxygen atoms in total. The number of aromatic nitrogens is 3. The average Bonchev–Trinajstić information content (AvgIpc) is 2.81. The average molecular weight is 290 g/mol. The molecule has 0 bridgehead atoms. The van der Waals surface area contributed by atoms with Gasteiger partial charge in [0.1, 0.15) is 0 Å². The molecule has 1 saturated carbocycles. The lowest BCUT2D eigenvalue weighted by molar-refractivity contribution is -0.184. The van der Waals surface area contributed by atoms with E-state index in [4.69, 9.17) is 0 Å². The van der Waals surface area contributed by atoms with Crippen molar-refractivity contribution in [1.82, 2.24) is 20.3 Å². The van der Waals surface area contributed by atoms with Crippen LogP contribution < -0.4 is 5.32 Å². The van der Waals surface area contributed by atoms with Crippen LogP contribution in [-0.4, -0.2) is 34.3 Å². The first-order chi connectivity index (χ1) is 9.40. The minimum Gasteiger partial charge on any atom is -0.316 e. The maximum absolute atomic E-state index is 12.7. The zero-order chi connectivity index (χ0) is 14.8. The van der Waals surface area contributed by atoms with Gasteiger partial charge in [-0.3, -0.25) is 4.68 Å². The van der Waals surface area contributed by atoms with Crippen LogP contribution in [0.4, 0.5) is 13.2 Å². The molecule has 7 heteroatoms. The lowest BCUT2D eigenvalue weighted by Crippen LogP contribution is -2.39. The van der Waals surface area contributed by atoms with Gasteiger partial charge in [-0.05, 0) is 38.6 Å². The number of likely N-dealkylation sites (N-methyl/N-ethyl adjacent to an activating group) is 1. The number of hydrogen-bond donors (Lipinski definition) is 1. The Morgan fingerprint density at radius 1 is 1.35 bits per heavy atom. The van der Waals surface area contributed by atoms with Crippen molar-refractivity contribution in [3.05, 3.63) is 11.9 Å². The van der Waals surface area contributed by atoms with Crippen LogP contribution in [0.2, 0.25) is 0 Å². The fraction of sp³-hybridized carbons (Fsp3) is 0.846. The third kappa shape index (κ3) is 3.71. The Morgan fingerprint density at radius 3 is 2.45 bits per heavy atom. The van der Waals surface area contributed by atoms with E-state index < -0.39 is 12.1 Å². The van der Waals surface area contributed by atoms with Gasteiger partial charge in [0.2, 0.25) is 0 Å². The minimum absolute atomic E-state index is 0.167. The van der Waals surface area contributed by atoms with Crippen LogP contribution in [0.1, 0.15) is 31.4 Å². The molecule has 1 unspecified atom stereocenters. The third-order valence-electron chi connectivity index (χ3n) is 4.25. The summed E-state index contributed by atoms with van der Waals surface area (Å²) >= 11 is 0. The number of nitrogens with zero attached hydrogens (tertiary/aromatic N) is 3. The second-order valence-electron chi connectivity index (χ2n) is 5.64. The van der Waals surface area contributed by atoms with Crippen molar-refractivity contribution in [2.45, 2.75) is 44.3 Å². The van der Waals surface area contributed by atoms with Crippen molar-refractivity contribution in [2.75, 3.05) is 7.05 Å². The Labute approximate surface area is 116 Å². The zero-order valence-corrected chi connectivity index (χ0v) is 11.8. The Morgan fingerprint density at radius 2 is 2.00 bits per heavy atom. The molecule has 1 aliphatic carbocycles. The van der Waals surface area contributed by atoms with Crippen molar-refractivity contribution >= 4 is 0 Å². The van der Waals surface area contributed by atoms with Gasteiger partial charge in [-0.2, -0.15) is 13.2 Å². The maximum atomic E-state index is 12.7. The Balaban J connectivity index is 1.90. The first kappa shape index (κ1) is 15.3. The number of hydrogen-bond acceptors (Lipinski definition) is 3. The van der Waals surface area contributed by atoms with E-state index in [1.807, 2.05) is 13.2 Å². The predicted molar refractivity (Wildman–Crippen MR) is 69.1 cm³/mol. The van der Waals surface area contributed by atoms with Crippen LogP contribution in [-0.2, 0) is 13.5 Å². The quantitative estimate of drug-likeness (QED) is 0.925. The fourth-order valence-corrected chi connectivity index (χ4v) is 3.07. The highest BCUT2D eigenvalue weighted by molar-refractivity contribution is 4.98. The zero-order valence-electron chi connectivity index (χ0n) is 11.8. The molecule has 0 spiro atoms. The van der Waals surface area contributed by atoms with E-state index in [0.29, 0.717) is 19.3 Å². The van der Waals surface area contributed by atoms with Crippen LogP contribution in [0.25, 0.3) is 0 Å². The Hall–Kier alpha value is -1.11. The highest BCUT2D eigenvalue weighted by Gasteiger charge is 2.42. The monoisotopic (exact) mass is 290 g/mol. The molecule has 20 heavy (non-hydrogen) atoms. The molecule has 0 saturated heterocycles. The van der Waals surface area contributed by atoms with Crippen LogP contribution in [0.15, 0.2) is 6.20 Å². The Kier molecular flexibility index (Phi) is 4.67. The summed E-state index contributed by atoms with van der Waals surface area (Å²) in [7, 11) is 3.66. The van der Waals surface area contributed by atoms with Crippen LogP contribution in [0.3, 0.4) is 0 Å². The molecule has 1 N–H and O–H groups in total. The van der Waals surface area contributed by atoms with Crippen molar-refractivity contribution in [2.24, 2.45) is 18.9 Å². The van der Waals surface area contributed by atoms with Crippen molar-refractivity contribution in [1.29, 1.82) is 0 Å². The second-order valence-corrected chi connectivity index (χ2v) is 5.64. The minimum atomic E-state index is -4.04. The summed E-state index contributed by atoms with van der Waals surface area (Å²) in [6.07, 6.45) is 0.258. The molecule has 2 rings (SSSR count). The van der Waals surface area contributed by atoms with Crippen LogP contribution >= 0.6 is 0 Å². The van der Waals surface area contributed by atoms with E-state index in [2.05, 4.69) is 15.6 Å². The highest BCUT2D eigenvalue weighted by atomic mass is 19.4. The van der Waals surface area contributed by atoms with Gasteiger partial charge in [-0.1, -0.05) is 5.21 Å². The van der Waals surface area contributed by atoms with Gasteiger partial charge in [-0.15, -0.1) is 5.10 Å². The first-order valence-corrected chi connectivity index (χ1v) is 6.99. The number of halogens is 3. The smallest absolute Gasteiger partial charge is 0.316 e. The van der Waals surface area contributed by atoms with E-state index in [1.54, 1.807) is 11.7 Å². The number of alkyl halides is 3. The molecule has 0 aliphatic heterocycles. The molecular weight excluding hydrogens is 269 g/mol. The van der Waals surface area contributed by atoms with Gasteiger partial charge < -0.3 is 5.32 Å². The van der Waals surface area contributed by atoms with E-state index in [9.17, 15) is 13.2 Å². The summed E-state index contributed by atoms with van der Waals surface area (Å²) in [6.45, 7) is 0. The van der Waals surface area contributed by atoms with Crippen molar-refractivity contribution < 1.29 is 13.2 Å². The largest absolute Gasteiger partial charge is 0.391 e. The summed E-state index contributed by atoms with van der Waals surface area (Å²) in [6, 6.07) is 0.167. The summed E-state index contributed by atoms with van der Waals surface area (Å²) in [5.74, 6) is -0.839. The topological polar surface area (TPSA) is 42.7 Å². The van der Waals surface area contributed by atoms with Gasteiger partial charge in [0.05, 0.1) is 11.6 Å². The second kappa shape index (κ2) is 6.11. The molecule has 1 atom stereocenters. The molecule has 114 valence electrons. The Bertz CT molecular complexity index is 421. The number of rotatable bonds is 4.